The lowest BCUT2D eigenvalue weighted by Crippen LogP contribution is -2.30. The first-order valence-corrected chi connectivity index (χ1v) is 25.8. The Hall–Kier alpha value is -3.22. The molecule has 0 amide bonds. The summed E-state index contributed by atoms with van der Waals surface area (Å²) in [5.74, 6) is -3.41. The Morgan fingerprint density at radius 3 is 1.06 bits per heavy atom. The molecule has 372 valence electrons. The molecule has 1 N–H and O–H groups in total. The summed E-state index contributed by atoms with van der Waals surface area (Å²) in [5, 5.41) is 3.24. The molecule has 13 nitrogen and oxygen atoms in total. The number of hydrogen-bond acceptors (Lipinski definition) is 13. The van der Waals surface area contributed by atoms with Gasteiger partial charge in [-0.25, -0.2) is 0 Å². The number of carbonyl (C=O) groups excluding carboxylic acids is 6. The Balaban J connectivity index is 2.64. The van der Waals surface area contributed by atoms with Gasteiger partial charge in [-0.15, -0.1) is 0 Å². The Morgan fingerprint density at radius 2 is 0.719 bits per heavy atom. The van der Waals surface area contributed by atoms with Crippen molar-refractivity contribution in [3.05, 3.63) is 0 Å². The predicted octanol–water partition coefficient (Wildman–Crippen LogP) is 11.0. The summed E-state index contributed by atoms with van der Waals surface area (Å²) in [4.78, 5) is 76.2. The maximum atomic E-state index is 13.1. The third-order valence-electron chi connectivity index (χ3n) is 11.7. The molecule has 64 heavy (non-hydrogen) atoms. The van der Waals surface area contributed by atoms with Crippen molar-refractivity contribution in [2.45, 2.75) is 239 Å². The lowest BCUT2D eigenvalue weighted by Gasteiger charge is -2.19. The van der Waals surface area contributed by atoms with Crippen LogP contribution in [0.15, 0.2) is 0 Å². The minimum Gasteiger partial charge on any atom is -0.465 e. The number of carbonyl (C=O) groups is 6. The number of ether oxygens (including phenoxy) is 6. The fourth-order valence-corrected chi connectivity index (χ4v) is 7.62. The number of nitrogens with one attached hydrogen (secondary N) is 1. The van der Waals surface area contributed by atoms with E-state index in [0.29, 0.717) is 38.6 Å². The zero-order valence-corrected chi connectivity index (χ0v) is 40.9. The van der Waals surface area contributed by atoms with Gasteiger partial charge in [-0.2, -0.15) is 0 Å². The van der Waals surface area contributed by atoms with E-state index in [1.807, 2.05) is 0 Å². The zero-order chi connectivity index (χ0) is 46.9. The molecule has 0 unspecified atom stereocenters. The number of esters is 6. The van der Waals surface area contributed by atoms with Crippen LogP contribution in [0.25, 0.3) is 0 Å². The van der Waals surface area contributed by atoms with E-state index in [9.17, 15) is 28.8 Å². The van der Waals surface area contributed by atoms with Crippen molar-refractivity contribution in [1.29, 1.82) is 0 Å². The van der Waals surface area contributed by atoms with Gasteiger partial charge in [-0.1, -0.05) is 156 Å². The average Bonchev–Trinajstić information content (AvgIpc) is 3.73. The van der Waals surface area contributed by atoms with Gasteiger partial charge in [0.25, 0.3) is 0 Å². The van der Waals surface area contributed by atoms with E-state index in [1.165, 1.54) is 25.7 Å². The fourth-order valence-electron chi connectivity index (χ4n) is 7.62. The van der Waals surface area contributed by atoms with Gasteiger partial charge in [0, 0.05) is 56.5 Å². The van der Waals surface area contributed by atoms with Crippen molar-refractivity contribution in [1.82, 2.24) is 5.32 Å². The van der Waals surface area contributed by atoms with Gasteiger partial charge in [0.15, 0.2) is 0 Å². The van der Waals surface area contributed by atoms with Crippen LogP contribution in [0.2, 0.25) is 0 Å². The van der Waals surface area contributed by atoms with Crippen LogP contribution < -0.4 is 5.32 Å². The summed E-state index contributed by atoms with van der Waals surface area (Å²) in [6.07, 6.45) is 26.2. The van der Waals surface area contributed by atoms with Crippen molar-refractivity contribution in [3.8, 4) is 0 Å². The molecular formula is C51H91NO12. The summed E-state index contributed by atoms with van der Waals surface area (Å²) >= 11 is 0. The molecule has 1 aliphatic heterocycles. The lowest BCUT2D eigenvalue weighted by molar-refractivity contribution is -0.157. The Bertz CT molecular complexity index is 1160. The highest BCUT2D eigenvalue weighted by molar-refractivity contribution is 5.72. The number of hydrogen-bond donors (Lipinski definition) is 1. The van der Waals surface area contributed by atoms with Crippen LogP contribution in [0.5, 0.6) is 0 Å². The van der Waals surface area contributed by atoms with E-state index < -0.39 is 29.9 Å². The molecule has 13 heteroatoms. The van der Waals surface area contributed by atoms with Crippen LogP contribution in [0, 0.1) is 11.8 Å². The molecular weight excluding hydrogens is 819 g/mol. The maximum Gasteiger partial charge on any atom is 0.306 e. The molecule has 0 radical (unpaired) electrons. The smallest absolute Gasteiger partial charge is 0.306 e. The molecule has 1 fully saturated rings. The maximum absolute atomic E-state index is 13.1. The molecule has 1 heterocycles. The van der Waals surface area contributed by atoms with Gasteiger partial charge in [0.1, 0.15) is 12.7 Å². The molecule has 0 bridgehead atoms. The van der Waals surface area contributed by atoms with Crippen LogP contribution in [-0.4, -0.2) is 87.5 Å². The first-order chi connectivity index (χ1) is 31.1. The zero-order valence-electron chi connectivity index (χ0n) is 40.9. The van der Waals surface area contributed by atoms with Crippen molar-refractivity contribution in [2.75, 3.05) is 39.6 Å². The predicted molar refractivity (Wildman–Crippen MR) is 249 cm³/mol. The SMILES string of the molecule is CCCCCCCCC(=O)OCC(COC(=O)CCCCCCCC)CC(=O)OC[C@H]1C[C@H](OC(=O)CC(COC(=O)CCCCCCCC)COC(=O)CCCCCCCC)CN1. The summed E-state index contributed by atoms with van der Waals surface area (Å²) in [7, 11) is 0. The molecule has 1 rings (SSSR count). The standard InChI is InChI=1S/C51H91NO12/c1-5-9-13-17-21-25-29-46(53)59-37-42(38-60-47(54)30-26-22-18-14-10-6-2)33-50(57)63-41-44-35-45(36-52-44)64-51(58)34-43(39-61-48(55)31-27-23-19-15-11-7-3)40-62-49(56)32-28-24-20-16-12-8-4/h42-45,52H,5-41H2,1-4H3/t44-,45+/m1/s1. The molecule has 0 saturated carbocycles. The lowest BCUT2D eigenvalue weighted by atomic mass is 10.1. The molecule has 1 saturated heterocycles. The Labute approximate surface area is 387 Å². The third-order valence-corrected chi connectivity index (χ3v) is 11.7. The van der Waals surface area contributed by atoms with E-state index in [-0.39, 0.29) is 75.8 Å². The van der Waals surface area contributed by atoms with Crippen LogP contribution in [0.3, 0.4) is 0 Å². The molecule has 0 aromatic rings. The second kappa shape index (κ2) is 41.2. The van der Waals surface area contributed by atoms with Gasteiger partial charge in [0.05, 0.1) is 39.3 Å². The number of unbranched alkanes of at least 4 members (excludes halogenated alkanes) is 20. The molecule has 0 spiro atoms. The van der Waals surface area contributed by atoms with Crippen LogP contribution in [-0.2, 0) is 57.2 Å². The van der Waals surface area contributed by atoms with Crippen molar-refractivity contribution in [2.24, 2.45) is 11.8 Å². The second-order valence-electron chi connectivity index (χ2n) is 18.1. The van der Waals surface area contributed by atoms with Gasteiger partial charge >= 0.3 is 35.8 Å². The van der Waals surface area contributed by atoms with Crippen molar-refractivity contribution >= 4 is 35.8 Å². The van der Waals surface area contributed by atoms with E-state index in [2.05, 4.69) is 33.0 Å². The van der Waals surface area contributed by atoms with E-state index in [4.69, 9.17) is 28.4 Å². The van der Waals surface area contributed by atoms with Gasteiger partial charge < -0.3 is 33.7 Å². The highest BCUT2D eigenvalue weighted by atomic mass is 16.6. The van der Waals surface area contributed by atoms with Crippen LogP contribution in [0.4, 0.5) is 0 Å². The van der Waals surface area contributed by atoms with Gasteiger partial charge in [0.2, 0.25) is 0 Å². The minimum absolute atomic E-state index is 0.0426. The van der Waals surface area contributed by atoms with Gasteiger partial charge in [-0.3, -0.25) is 28.8 Å². The summed E-state index contributed by atoms with van der Waals surface area (Å²) in [5.41, 5.74) is 0. The van der Waals surface area contributed by atoms with Gasteiger partial charge in [-0.05, 0) is 25.7 Å². The monoisotopic (exact) mass is 910 g/mol. The fraction of sp³-hybridized carbons (Fsp3) is 0.882. The number of rotatable bonds is 43. The summed E-state index contributed by atoms with van der Waals surface area (Å²) in [6.45, 7) is 8.87. The first-order valence-electron chi connectivity index (χ1n) is 25.8. The molecule has 1 aliphatic rings. The molecule has 0 aromatic carbocycles. The summed E-state index contributed by atoms with van der Waals surface area (Å²) < 4.78 is 33.5. The summed E-state index contributed by atoms with van der Waals surface area (Å²) in [6, 6.07) is -0.257. The van der Waals surface area contributed by atoms with E-state index >= 15 is 0 Å². The van der Waals surface area contributed by atoms with Crippen LogP contribution in [0.1, 0.15) is 227 Å². The largest absolute Gasteiger partial charge is 0.465 e. The Kier molecular flexibility index (Phi) is 37.9. The topological polar surface area (TPSA) is 170 Å². The normalized spacial score (nSPS) is 14.7. The van der Waals surface area contributed by atoms with E-state index in [1.54, 1.807) is 0 Å². The third kappa shape index (κ3) is 35.1. The van der Waals surface area contributed by atoms with Crippen molar-refractivity contribution < 1.29 is 57.2 Å². The molecule has 0 aromatic heterocycles. The minimum atomic E-state index is -0.544. The van der Waals surface area contributed by atoms with Crippen molar-refractivity contribution in [3.63, 3.8) is 0 Å². The highest BCUT2D eigenvalue weighted by Crippen LogP contribution is 2.18. The molecule has 0 aliphatic carbocycles. The Morgan fingerprint density at radius 1 is 0.406 bits per heavy atom. The average molecular weight is 910 g/mol. The van der Waals surface area contributed by atoms with Crippen LogP contribution >= 0.6 is 0 Å². The quantitative estimate of drug-likeness (QED) is 0.0349. The first kappa shape index (κ1) is 58.8. The second-order valence-corrected chi connectivity index (χ2v) is 18.1. The van der Waals surface area contributed by atoms with E-state index in [0.717, 1.165) is 128 Å². The molecule has 2 atom stereocenters. The highest BCUT2D eigenvalue weighted by Gasteiger charge is 2.30.